The first-order valence-electron chi connectivity index (χ1n) is 24.4. The standard InChI is InChI=1S/C68H38F2N6/c1-73-51-29-21-46(22-30-51)56-36-38-60(70)68(66(56)50-23-31-52(74-2)32-24-50)76(54-11-7-4-8-12-54)62-40-28-48-25-33-57-61(39-27-47-26-34-58(62)64(48)63(47)57)75(53-9-5-3-6-10-53)67-59(69)37-35-55(45-17-13-43(41-71)14-18-45)65(67)49-19-15-44(42-72)16-20-49/h3-40H. The van der Waals surface area contributed by atoms with Crippen molar-refractivity contribution in [2.24, 2.45) is 0 Å². The summed E-state index contributed by atoms with van der Waals surface area (Å²) in [5.41, 5.74) is 10.9. The van der Waals surface area contributed by atoms with Crippen molar-refractivity contribution in [1.82, 2.24) is 0 Å². The van der Waals surface area contributed by atoms with Crippen molar-refractivity contribution < 1.29 is 8.78 Å². The third-order valence-corrected chi connectivity index (χ3v) is 14.1. The number of nitrogens with zero attached hydrogens (tertiary/aromatic N) is 6. The van der Waals surface area contributed by atoms with E-state index in [0.717, 1.165) is 54.6 Å². The van der Waals surface area contributed by atoms with Gasteiger partial charge in [0.1, 0.15) is 11.6 Å². The molecular weight excluding hydrogens is 939 g/mol. The highest BCUT2D eigenvalue weighted by Crippen LogP contribution is 2.53. The Morgan fingerprint density at radius 2 is 0.724 bits per heavy atom. The Hall–Kier alpha value is -10.9. The van der Waals surface area contributed by atoms with Crippen LogP contribution < -0.4 is 9.80 Å². The zero-order valence-corrected chi connectivity index (χ0v) is 40.4. The number of rotatable bonds is 10. The molecule has 0 aliphatic heterocycles. The van der Waals surface area contributed by atoms with Gasteiger partial charge in [0.25, 0.3) is 0 Å². The summed E-state index contributed by atoms with van der Waals surface area (Å²) in [7, 11) is 0. The molecule has 12 aromatic carbocycles. The second kappa shape index (κ2) is 19.3. The van der Waals surface area contributed by atoms with E-state index in [9.17, 15) is 10.5 Å². The predicted octanol–water partition coefficient (Wildman–Crippen LogP) is 19.3. The molecule has 0 saturated heterocycles. The van der Waals surface area contributed by atoms with Crippen molar-refractivity contribution in [2.45, 2.75) is 0 Å². The average Bonchev–Trinajstić information content (AvgIpc) is 3.51. The molecule has 0 unspecified atom stereocenters. The highest BCUT2D eigenvalue weighted by molar-refractivity contribution is 6.28. The first-order valence-corrected chi connectivity index (χ1v) is 24.4. The van der Waals surface area contributed by atoms with Crippen molar-refractivity contribution in [3.8, 4) is 56.6 Å². The second-order valence-corrected chi connectivity index (χ2v) is 18.3. The average molecular weight is 977 g/mol. The van der Waals surface area contributed by atoms with Crippen molar-refractivity contribution in [1.29, 1.82) is 10.5 Å². The smallest absolute Gasteiger partial charge is 0.187 e. The molecule has 12 aromatic rings. The zero-order chi connectivity index (χ0) is 51.9. The predicted molar refractivity (Wildman–Crippen MR) is 303 cm³/mol. The molecule has 0 saturated carbocycles. The first-order chi connectivity index (χ1) is 37.3. The summed E-state index contributed by atoms with van der Waals surface area (Å²) < 4.78 is 35.2. The largest absolute Gasteiger partial charge is 0.307 e. The van der Waals surface area contributed by atoms with Gasteiger partial charge in [-0.25, -0.2) is 18.5 Å². The van der Waals surface area contributed by atoms with Crippen LogP contribution in [-0.2, 0) is 0 Å². The number of anilines is 6. The minimum atomic E-state index is -0.474. The normalized spacial score (nSPS) is 11.0. The fourth-order valence-corrected chi connectivity index (χ4v) is 10.6. The van der Waals surface area contributed by atoms with Gasteiger partial charge in [0.2, 0.25) is 0 Å². The lowest BCUT2D eigenvalue weighted by Gasteiger charge is -2.32. The zero-order valence-electron chi connectivity index (χ0n) is 40.4. The molecule has 0 atom stereocenters. The molecule has 354 valence electrons. The van der Waals surface area contributed by atoms with Gasteiger partial charge in [-0.3, -0.25) is 0 Å². The summed E-state index contributed by atoms with van der Waals surface area (Å²) in [6.45, 7) is 15.3. The van der Waals surface area contributed by atoms with E-state index in [0.29, 0.717) is 78.9 Å². The van der Waals surface area contributed by atoms with Crippen LogP contribution in [0.2, 0.25) is 0 Å². The van der Waals surface area contributed by atoms with Gasteiger partial charge in [0.05, 0.1) is 59.2 Å². The summed E-state index contributed by atoms with van der Waals surface area (Å²) in [6, 6.07) is 75.7. The maximum atomic E-state index is 17.6. The summed E-state index contributed by atoms with van der Waals surface area (Å²) in [6.07, 6.45) is 0. The summed E-state index contributed by atoms with van der Waals surface area (Å²) in [5, 5.41) is 25.0. The molecule has 76 heavy (non-hydrogen) atoms. The summed E-state index contributed by atoms with van der Waals surface area (Å²) in [4.78, 5) is 11.2. The fourth-order valence-electron chi connectivity index (χ4n) is 10.6. The molecule has 0 amide bonds. The van der Waals surface area contributed by atoms with Crippen molar-refractivity contribution >= 4 is 77.8 Å². The molecule has 0 N–H and O–H groups in total. The molecule has 8 heteroatoms. The fraction of sp³-hybridized carbons (Fsp3) is 0. The Kier molecular flexibility index (Phi) is 11.7. The van der Waals surface area contributed by atoms with Crippen LogP contribution in [0.1, 0.15) is 11.1 Å². The highest BCUT2D eigenvalue weighted by Gasteiger charge is 2.29. The van der Waals surface area contributed by atoms with Crippen LogP contribution in [0.25, 0.3) is 86.5 Å². The van der Waals surface area contributed by atoms with Gasteiger partial charge < -0.3 is 9.80 Å². The van der Waals surface area contributed by atoms with Gasteiger partial charge in [0.15, 0.2) is 11.4 Å². The Bertz CT molecular complexity index is 4090. The number of benzene rings is 12. The van der Waals surface area contributed by atoms with E-state index in [2.05, 4.69) is 58.2 Å². The van der Waals surface area contributed by atoms with Crippen molar-refractivity contribution in [2.75, 3.05) is 9.80 Å². The maximum Gasteiger partial charge on any atom is 0.187 e. The van der Waals surface area contributed by atoms with E-state index in [1.165, 1.54) is 12.1 Å². The van der Waals surface area contributed by atoms with Crippen LogP contribution in [0.3, 0.4) is 0 Å². The van der Waals surface area contributed by atoms with Crippen molar-refractivity contribution in [3.63, 3.8) is 0 Å². The lowest BCUT2D eigenvalue weighted by Crippen LogP contribution is -2.15. The van der Waals surface area contributed by atoms with Gasteiger partial charge in [-0.05, 0) is 128 Å². The number of hydrogen-bond donors (Lipinski definition) is 0. The van der Waals surface area contributed by atoms with Gasteiger partial charge in [-0.15, -0.1) is 0 Å². The minimum Gasteiger partial charge on any atom is -0.307 e. The third-order valence-electron chi connectivity index (χ3n) is 14.1. The first kappa shape index (κ1) is 46.2. The number of hydrogen-bond acceptors (Lipinski definition) is 4. The van der Waals surface area contributed by atoms with Crippen molar-refractivity contribution in [3.05, 3.63) is 276 Å². The second-order valence-electron chi connectivity index (χ2n) is 18.3. The molecular formula is C68H38F2N6. The molecule has 0 heterocycles. The lowest BCUT2D eigenvalue weighted by atomic mass is 9.89. The molecule has 0 aliphatic rings. The van der Waals surface area contributed by atoms with Crippen LogP contribution in [-0.4, -0.2) is 0 Å². The van der Waals surface area contributed by atoms with Gasteiger partial charge in [-0.2, -0.15) is 10.5 Å². The SMILES string of the molecule is [C-]#[N+]c1ccc(-c2ccc(F)c(N(c3ccccc3)c3ccc4ccc5c(N(c6ccccc6)c6c(F)ccc(-c7ccc(C#N)cc7)c6-c6ccc(C#N)cc6)ccc6ccc3c4c65)c2-c2ccc([N+]#[C-])cc2)cc1. The van der Waals surface area contributed by atoms with Crippen LogP contribution in [0, 0.1) is 47.4 Å². The Morgan fingerprint density at radius 1 is 0.368 bits per heavy atom. The van der Waals surface area contributed by atoms with Crippen LogP contribution in [0.15, 0.2) is 231 Å². The summed E-state index contributed by atoms with van der Waals surface area (Å²) >= 11 is 0. The van der Waals surface area contributed by atoms with E-state index in [1.807, 2.05) is 131 Å². The molecule has 0 aliphatic carbocycles. The van der Waals surface area contributed by atoms with Crippen LogP contribution >= 0.6 is 0 Å². The van der Waals surface area contributed by atoms with E-state index in [1.54, 1.807) is 60.7 Å². The Labute approximate surface area is 437 Å². The molecule has 0 radical (unpaired) electrons. The maximum absolute atomic E-state index is 17.6. The molecule has 0 fully saturated rings. The number of nitriles is 2. The van der Waals surface area contributed by atoms with E-state index in [4.69, 9.17) is 13.1 Å². The Morgan fingerprint density at radius 3 is 1.11 bits per heavy atom. The molecule has 6 nitrogen and oxygen atoms in total. The van der Waals surface area contributed by atoms with E-state index >= 15 is 8.78 Å². The van der Waals surface area contributed by atoms with Gasteiger partial charge >= 0.3 is 0 Å². The van der Waals surface area contributed by atoms with Crippen LogP contribution in [0.4, 0.5) is 54.3 Å². The van der Waals surface area contributed by atoms with Gasteiger partial charge in [0, 0.05) is 33.3 Å². The van der Waals surface area contributed by atoms with Crippen LogP contribution in [0.5, 0.6) is 0 Å². The highest BCUT2D eigenvalue weighted by atomic mass is 19.1. The Balaban J connectivity index is 1.14. The molecule has 0 aromatic heterocycles. The van der Waals surface area contributed by atoms with E-state index < -0.39 is 11.6 Å². The topological polar surface area (TPSA) is 62.8 Å². The lowest BCUT2D eigenvalue weighted by molar-refractivity contribution is 0.629. The van der Waals surface area contributed by atoms with Gasteiger partial charge in [-0.1, -0.05) is 158 Å². The quantitative estimate of drug-likeness (QED) is 0.101. The number of para-hydroxylation sites is 2. The molecule has 0 bridgehead atoms. The molecule has 0 spiro atoms. The molecule has 12 rings (SSSR count). The summed E-state index contributed by atoms with van der Waals surface area (Å²) in [5.74, 6) is -0.942. The monoisotopic (exact) mass is 976 g/mol. The minimum absolute atomic E-state index is 0.291. The number of halogens is 2. The third kappa shape index (κ3) is 7.94. The van der Waals surface area contributed by atoms with E-state index in [-0.39, 0.29) is 0 Å².